The highest BCUT2D eigenvalue weighted by atomic mass is 16.6. The molecular formula is C17H28O4. The lowest BCUT2D eigenvalue weighted by Gasteiger charge is -2.25. The Hall–Kier alpha value is -1.29. The van der Waals surface area contributed by atoms with Crippen LogP contribution >= 0.6 is 0 Å². The van der Waals surface area contributed by atoms with Crippen molar-refractivity contribution in [3.63, 3.8) is 0 Å². The van der Waals surface area contributed by atoms with E-state index in [1.54, 1.807) is 6.08 Å². The van der Waals surface area contributed by atoms with Gasteiger partial charge in [0.05, 0.1) is 14.2 Å². The van der Waals surface area contributed by atoms with E-state index < -0.39 is 5.97 Å². The molecule has 1 atom stereocenters. The molecule has 0 spiro atoms. The Bertz CT molecular complexity index is 371. The number of aliphatic hydroxyl groups excluding tert-OH is 1. The first-order chi connectivity index (χ1) is 10.2. The van der Waals surface area contributed by atoms with Crippen LogP contribution in [0, 0.1) is 5.92 Å². The van der Waals surface area contributed by atoms with Crippen LogP contribution < -0.4 is 0 Å². The molecule has 1 rings (SSSR count). The van der Waals surface area contributed by atoms with Crippen molar-refractivity contribution in [1.29, 1.82) is 0 Å². The first-order valence-electron chi connectivity index (χ1n) is 7.86. The van der Waals surface area contributed by atoms with Crippen LogP contribution in [0.25, 0.3) is 0 Å². The van der Waals surface area contributed by atoms with Crippen molar-refractivity contribution in [1.82, 2.24) is 0 Å². The van der Waals surface area contributed by atoms with Gasteiger partial charge in [-0.3, -0.25) is 0 Å². The molecule has 0 saturated heterocycles. The number of hydrogen-bond acceptors (Lipinski definition) is 4. The normalized spacial score (nSPS) is 21.4. The van der Waals surface area contributed by atoms with Crippen molar-refractivity contribution in [3.8, 4) is 0 Å². The van der Waals surface area contributed by atoms with Crippen molar-refractivity contribution < 1.29 is 19.4 Å². The third-order valence-corrected chi connectivity index (χ3v) is 4.06. The molecule has 120 valence electrons. The zero-order valence-electron chi connectivity index (χ0n) is 13.3. The molecule has 0 aromatic heterocycles. The molecule has 1 N–H and O–H groups in total. The van der Waals surface area contributed by atoms with E-state index in [4.69, 9.17) is 9.84 Å². The Balaban J connectivity index is 2.64. The van der Waals surface area contributed by atoms with Crippen LogP contribution in [-0.2, 0) is 14.3 Å². The predicted octanol–water partition coefficient (Wildman–Crippen LogP) is 3.36. The molecule has 1 saturated carbocycles. The van der Waals surface area contributed by atoms with E-state index in [0.29, 0.717) is 5.92 Å². The summed E-state index contributed by atoms with van der Waals surface area (Å²) in [6, 6.07) is 0. The Morgan fingerprint density at radius 3 is 2.71 bits per heavy atom. The Kier molecular flexibility index (Phi) is 8.83. The van der Waals surface area contributed by atoms with Crippen molar-refractivity contribution in [2.24, 2.45) is 5.92 Å². The van der Waals surface area contributed by atoms with Gasteiger partial charge in [-0.25, -0.2) is 4.79 Å². The third-order valence-electron chi connectivity index (χ3n) is 4.06. The number of rotatable bonds is 8. The molecule has 1 unspecified atom stereocenters. The summed E-state index contributed by atoms with van der Waals surface area (Å²) in [7, 11) is 2.83. The molecule has 0 aromatic carbocycles. The molecule has 0 heterocycles. The van der Waals surface area contributed by atoms with Gasteiger partial charge >= 0.3 is 5.97 Å². The first kappa shape index (κ1) is 17.8. The molecule has 4 nitrogen and oxygen atoms in total. The lowest BCUT2D eigenvalue weighted by Crippen LogP contribution is -2.11. The van der Waals surface area contributed by atoms with Gasteiger partial charge in [-0.2, -0.15) is 0 Å². The van der Waals surface area contributed by atoms with Gasteiger partial charge in [0.2, 0.25) is 5.76 Å². The van der Waals surface area contributed by atoms with Crippen LogP contribution in [0.3, 0.4) is 0 Å². The SMILES string of the molecule is COC(=O)/C(=C/C=C1CCCCC1CCCCCO)OC. The number of carbonyl (C=O) groups is 1. The number of carbonyl (C=O) groups excluding carboxylic acids is 1. The average Bonchev–Trinajstić information content (AvgIpc) is 2.53. The molecule has 21 heavy (non-hydrogen) atoms. The Morgan fingerprint density at radius 2 is 2.05 bits per heavy atom. The maximum atomic E-state index is 11.5. The molecule has 0 radical (unpaired) electrons. The van der Waals surface area contributed by atoms with Crippen LogP contribution in [0.4, 0.5) is 0 Å². The predicted molar refractivity (Wildman–Crippen MR) is 82.7 cm³/mol. The van der Waals surface area contributed by atoms with Crippen molar-refractivity contribution in [2.75, 3.05) is 20.8 Å². The summed E-state index contributed by atoms with van der Waals surface area (Å²) >= 11 is 0. The highest BCUT2D eigenvalue weighted by Crippen LogP contribution is 2.33. The Labute approximate surface area is 127 Å². The van der Waals surface area contributed by atoms with Gasteiger partial charge in [-0.1, -0.05) is 30.9 Å². The standard InChI is InChI=1S/C17H28O4/c1-20-16(17(19)21-2)12-11-15-10-6-5-9-14(15)8-4-3-7-13-18/h11-12,14,18H,3-10,13H2,1-2H3/b15-11?,16-12-. The second-order valence-corrected chi connectivity index (χ2v) is 5.48. The van der Waals surface area contributed by atoms with E-state index in [-0.39, 0.29) is 12.4 Å². The topological polar surface area (TPSA) is 55.8 Å². The molecule has 1 fully saturated rings. The van der Waals surface area contributed by atoms with Gasteiger partial charge in [0.1, 0.15) is 0 Å². The molecule has 0 aliphatic heterocycles. The minimum absolute atomic E-state index is 0.245. The number of ether oxygens (including phenoxy) is 2. The molecular weight excluding hydrogens is 268 g/mol. The third kappa shape index (κ3) is 6.34. The fraction of sp³-hybridized carbons (Fsp3) is 0.706. The quantitative estimate of drug-likeness (QED) is 0.323. The zero-order chi connectivity index (χ0) is 15.5. The van der Waals surface area contributed by atoms with Gasteiger partial charge in [-0.15, -0.1) is 0 Å². The molecule has 0 amide bonds. The van der Waals surface area contributed by atoms with E-state index in [1.807, 2.05) is 6.08 Å². The van der Waals surface area contributed by atoms with Crippen LogP contribution in [0.1, 0.15) is 51.4 Å². The maximum Gasteiger partial charge on any atom is 0.373 e. The molecule has 1 aliphatic rings. The summed E-state index contributed by atoms with van der Waals surface area (Å²) in [4.78, 5) is 11.5. The minimum Gasteiger partial charge on any atom is -0.490 e. The highest BCUT2D eigenvalue weighted by molar-refractivity contribution is 5.86. The first-order valence-corrected chi connectivity index (χ1v) is 7.86. The summed E-state index contributed by atoms with van der Waals surface area (Å²) in [5, 5.41) is 8.83. The maximum absolute atomic E-state index is 11.5. The number of allylic oxidation sites excluding steroid dienone is 3. The summed E-state index contributed by atoms with van der Waals surface area (Å²) in [5.41, 5.74) is 1.41. The van der Waals surface area contributed by atoms with Crippen molar-refractivity contribution in [2.45, 2.75) is 51.4 Å². The van der Waals surface area contributed by atoms with Gasteiger partial charge in [0.15, 0.2) is 0 Å². The van der Waals surface area contributed by atoms with E-state index in [2.05, 4.69) is 4.74 Å². The summed E-state index contributed by atoms with van der Waals surface area (Å²) in [6.07, 6.45) is 12.9. The largest absolute Gasteiger partial charge is 0.490 e. The smallest absolute Gasteiger partial charge is 0.373 e. The van der Waals surface area contributed by atoms with Crippen LogP contribution in [0.5, 0.6) is 0 Å². The zero-order valence-corrected chi connectivity index (χ0v) is 13.3. The van der Waals surface area contributed by atoms with E-state index in [0.717, 1.165) is 25.7 Å². The van der Waals surface area contributed by atoms with Crippen LogP contribution in [0.15, 0.2) is 23.5 Å². The van der Waals surface area contributed by atoms with Crippen molar-refractivity contribution >= 4 is 5.97 Å². The second kappa shape index (κ2) is 10.4. The molecule has 1 aliphatic carbocycles. The summed E-state index contributed by atoms with van der Waals surface area (Å²) < 4.78 is 9.73. The van der Waals surface area contributed by atoms with Gasteiger partial charge < -0.3 is 14.6 Å². The molecule has 4 heteroatoms. The van der Waals surface area contributed by atoms with E-state index in [1.165, 1.54) is 45.5 Å². The van der Waals surface area contributed by atoms with Gasteiger partial charge in [0.25, 0.3) is 0 Å². The van der Waals surface area contributed by atoms with Gasteiger partial charge in [0, 0.05) is 6.61 Å². The van der Waals surface area contributed by atoms with Crippen LogP contribution in [0.2, 0.25) is 0 Å². The second-order valence-electron chi connectivity index (χ2n) is 5.48. The monoisotopic (exact) mass is 296 g/mol. The van der Waals surface area contributed by atoms with E-state index in [9.17, 15) is 4.79 Å². The summed E-state index contributed by atoms with van der Waals surface area (Å²) in [5.74, 6) is 0.406. The fourth-order valence-corrected chi connectivity index (χ4v) is 2.84. The van der Waals surface area contributed by atoms with Crippen molar-refractivity contribution in [3.05, 3.63) is 23.5 Å². The average molecular weight is 296 g/mol. The summed E-state index contributed by atoms with van der Waals surface area (Å²) in [6.45, 7) is 0.284. The van der Waals surface area contributed by atoms with E-state index >= 15 is 0 Å². The Morgan fingerprint density at radius 1 is 1.24 bits per heavy atom. The lowest BCUT2D eigenvalue weighted by molar-refractivity contribution is -0.139. The number of esters is 1. The number of aliphatic hydroxyl groups is 1. The fourth-order valence-electron chi connectivity index (χ4n) is 2.84. The van der Waals surface area contributed by atoms with Gasteiger partial charge in [-0.05, 0) is 44.1 Å². The minimum atomic E-state index is -0.440. The lowest BCUT2D eigenvalue weighted by atomic mass is 9.81. The number of methoxy groups -OCH3 is 2. The van der Waals surface area contributed by atoms with Crippen LogP contribution in [-0.4, -0.2) is 31.9 Å². The number of hydrogen-bond donors (Lipinski definition) is 1. The molecule has 0 aromatic rings. The molecule has 0 bridgehead atoms. The number of unbranched alkanes of at least 4 members (excludes halogenated alkanes) is 2. The highest BCUT2D eigenvalue weighted by Gasteiger charge is 2.18.